The zero-order valence-corrected chi connectivity index (χ0v) is 13.3. The first kappa shape index (κ1) is 17.1. The molecule has 1 fully saturated rings. The highest BCUT2D eigenvalue weighted by molar-refractivity contribution is 5.78. The molecule has 1 atom stereocenters. The normalized spacial score (nSPS) is 16.7. The molecule has 0 spiro atoms. The van der Waals surface area contributed by atoms with Crippen LogP contribution in [0.25, 0.3) is 0 Å². The molecule has 1 heterocycles. The van der Waals surface area contributed by atoms with E-state index in [1.165, 1.54) is 25.3 Å². The Balaban J connectivity index is 1.98. The van der Waals surface area contributed by atoms with Crippen molar-refractivity contribution in [3.05, 3.63) is 29.6 Å². The van der Waals surface area contributed by atoms with E-state index < -0.39 is 6.04 Å². The maximum absolute atomic E-state index is 13.4. The summed E-state index contributed by atoms with van der Waals surface area (Å²) >= 11 is 0. The van der Waals surface area contributed by atoms with Crippen LogP contribution in [0.4, 0.5) is 9.18 Å². The van der Waals surface area contributed by atoms with E-state index in [9.17, 15) is 14.0 Å². The molecular formula is C16H22FN3O3. The number of amides is 3. The van der Waals surface area contributed by atoms with Crippen LogP contribution >= 0.6 is 0 Å². The lowest BCUT2D eigenvalue weighted by Crippen LogP contribution is -2.46. The lowest BCUT2D eigenvalue weighted by molar-refractivity contribution is -0.123. The second-order valence-corrected chi connectivity index (χ2v) is 5.72. The fourth-order valence-electron chi connectivity index (χ4n) is 2.76. The van der Waals surface area contributed by atoms with Crippen LogP contribution in [0.1, 0.15) is 31.4 Å². The van der Waals surface area contributed by atoms with E-state index in [0.29, 0.717) is 37.2 Å². The quantitative estimate of drug-likeness (QED) is 0.886. The molecule has 1 saturated heterocycles. The molecule has 1 aliphatic rings. The molecule has 0 saturated carbocycles. The molecular weight excluding hydrogens is 301 g/mol. The third-order valence-corrected chi connectivity index (χ3v) is 4.18. The minimum absolute atomic E-state index is 0.167. The Bertz CT molecular complexity index is 586. The fraction of sp³-hybridized carbons (Fsp3) is 0.500. The van der Waals surface area contributed by atoms with Crippen molar-refractivity contribution in [1.82, 2.24) is 10.2 Å². The number of nitrogens with two attached hydrogens (primary N) is 1. The topological polar surface area (TPSA) is 84.7 Å². The molecule has 0 bridgehead atoms. The number of ether oxygens (including phenoxy) is 1. The molecule has 6 nitrogen and oxygen atoms in total. The van der Waals surface area contributed by atoms with Crippen LogP contribution in [-0.4, -0.2) is 37.0 Å². The number of piperidine rings is 1. The molecule has 3 amide bonds. The summed E-state index contributed by atoms with van der Waals surface area (Å²) in [4.78, 5) is 25.1. The molecule has 7 heteroatoms. The number of urea groups is 1. The minimum atomic E-state index is -0.401. The first-order chi connectivity index (χ1) is 10.9. The molecule has 1 aliphatic heterocycles. The number of nitrogens with zero attached hydrogens (tertiary/aromatic N) is 1. The minimum Gasteiger partial charge on any atom is -0.496 e. The molecule has 1 aromatic rings. The Hall–Kier alpha value is -2.31. The zero-order valence-electron chi connectivity index (χ0n) is 13.3. The van der Waals surface area contributed by atoms with Crippen molar-refractivity contribution in [2.75, 3.05) is 20.2 Å². The molecule has 1 aromatic carbocycles. The van der Waals surface area contributed by atoms with Crippen molar-refractivity contribution in [1.29, 1.82) is 0 Å². The summed E-state index contributed by atoms with van der Waals surface area (Å²) < 4.78 is 18.6. The Labute approximate surface area is 134 Å². The van der Waals surface area contributed by atoms with Crippen LogP contribution < -0.4 is 15.8 Å². The fourth-order valence-corrected chi connectivity index (χ4v) is 2.76. The van der Waals surface area contributed by atoms with Gasteiger partial charge < -0.3 is 20.7 Å². The predicted octanol–water partition coefficient (Wildman–Crippen LogP) is 1.80. The monoisotopic (exact) mass is 323 g/mol. The van der Waals surface area contributed by atoms with Gasteiger partial charge in [-0.1, -0.05) is 0 Å². The van der Waals surface area contributed by atoms with Crippen molar-refractivity contribution in [2.24, 2.45) is 11.7 Å². The Kier molecular flexibility index (Phi) is 5.41. The van der Waals surface area contributed by atoms with E-state index in [1.54, 1.807) is 11.8 Å². The number of hydrogen-bond acceptors (Lipinski definition) is 3. The summed E-state index contributed by atoms with van der Waals surface area (Å²) in [5.74, 6) is -0.349. The summed E-state index contributed by atoms with van der Waals surface area (Å²) in [6.07, 6.45) is 1.14. The third kappa shape index (κ3) is 4.12. The molecule has 0 aromatic heterocycles. The number of primary amides is 1. The van der Waals surface area contributed by atoms with Gasteiger partial charge in [0.25, 0.3) is 0 Å². The lowest BCUT2D eigenvalue weighted by Gasteiger charge is -2.31. The summed E-state index contributed by atoms with van der Waals surface area (Å²) in [6, 6.07) is 3.55. The maximum Gasteiger partial charge on any atom is 0.317 e. The number of hydrogen-bond donors (Lipinski definition) is 2. The van der Waals surface area contributed by atoms with Gasteiger partial charge >= 0.3 is 6.03 Å². The Morgan fingerprint density at radius 3 is 2.61 bits per heavy atom. The van der Waals surface area contributed by atoms with Gasteiger partial charge in [0.2, 0.25) is 5.91 Å². The number of benzene rings is 1. The van der Waals surface area contributed by atoms with Crippen molar-refractivity contribution >= 4 is 11.9 Å². The number of likely N-dealkylation sites (tertiary alicyclic amines) is 1. The molecule has 0 aliphatic carbocycles. The zero-order chi connectivity index (χ0) is 17.0. The molecule has 23 heavy (non-hydrogen) atoms. The number of nitrogens with one attached hydrogen (secondary N) is 1. The van der Waals surface area contributed by atoms with Crippen LogP contribution in [0.3, 0.4) is 0 Å². The maximum atomic E-state index is 13.4. The highest BCUT2D eigenvalue weighted by Crippen LogP contribution is 2.26. The van der Waals surface area contributed by atoms with E-state index in [0.717, 1.165) is 0 Å². The summed E-state index contributed by atoms with van der Waals surface area (Å²) in [5.41, 5.74) is 5.86. The van der Waals surface area contributed by atoms with Crippen LogP contribution in [0.5, 0.6) is 5.75 Å². The first-order valence-electron chi connectivity index (χ1n) is 7.60. The first-order valence-corrected chi connectivity index (χ1v) is 7.60. The van der Waals surface area contributed by atoms with Crippen LogP contribution in [-0.2, 0) is 4.79 Å². The molecule has 2 rings (SSSR count). The van der Waals surface area contributed by atoms with E-state index in [2.05, 4.69) is 5.32 Å². The number of carbonyl (C=O) groups is 2. The van der Waals surface area contributed by atoms with Gasteiger partial charge in [-0.25, -0.2) is 9.18 Å². The summed E-state index contributed by atoms with van der Waals surface area (Å²) in [7, 11) is 1.50. The SMILES string of the molecule is COc1ccc(F)cc1C(C)NC(=O)N1CCC(C(N)=O)CC1. The third-order valence-electron chi connectivity index (χ3n) is 4.18. The number of methoxy groups -OCH3 is 1. The Morgan fingerprint density at radius 1 is 1.39 bits per heavy atom. The standard InChI is InChI=1S/C16H22FN3O3/c1-10(13-9-12(17)3-4-14(13)23-2)19-16(22)20-7-5-11(6-8-20)15(18)21/h3-4,9-11H,5-8H2,1-2H3,(H2,18,21)(H,19,22). The van der Waals surface area contributed by atoms with Gasteiger partial charge in [-0.2, -0.15) is 0 Å². The smallest absolute Gasteiger partial charge is 0.317 e. The lowest BCUT2D eigenvalue weighted by atomic mass is 9.96. The van der Waals surface area contributed by atoms with E-state index in [1.807, 2.05) is 0 Å². The van der Waals surface area contributed by atoms with Gasteiger partial charge in [-0.05, 0) is 38.0 Å². The van der Waals surface area contributed by atoms with Crippen LogP contribution in [0, 0.1) is 11.7 Å². The van der Waals surface area contributed by atoms with Crippen LogP contribution in [0.2, 0.25) is 0 Å². The number of carbonyl (C=O) groups excluding carboxylic acids is 2. The molecule has 126 valence electrons. The second-order valence-electron chi connectivity index (χ2n) is 5.72. The second kappa shape index (κ2) is 7.30. The van der Waals surface area contributed by atoms with Gasteiger partial charge in [0, 0.05) is 24.6 Å². The van der Waals surface area contributed by atoms with Gasteiger partial charge in [0.05, 0.1) is 13.2 Å². The molecule has 0 radical (unpaired) electrons. The Morgan fingerprint density at radius 2 is 2.04 bits per heavy atom. The van der Waals surface area contributed by atoms with Gasteiger partial charge in [-0.15, -0.1) is 0 Å². The highest BCUT2D eigenvalue weighted by atomic mass is 19.1. The molecule has 3 N–H and O–H groups in total. The average molecular weight is 323 g/mol. The van der Waals surface area contributed by atoms with E-state index in [-0.39, 0.29) is 23.7 Å². The van der Waals surface area contributed by atoms with Crippen molar-refractivity contribution < 1.29 is 18.7 Å². The van der Waals surface area contributed by atoms with Crippen LogP contribution in [0.15, 0.2) is 18.2 Å². The van der Waals surface area contributed by atoms with Crippen molar-refractivity contribution in [2.45, 2.75) is 25.8 Å². The van der Waals surface area contributed by atoms with Crippen molar-refractivity contribution in [3.63, 3.8) is 0 Å². The van der Waals surface area contributed by atoms with Gasteiger partial charge in [0.15, 0.2) is 0 Å². The summed E-state index contributed by atoms with van der Waals surface area (Å²) in [6.45, 7) is 2.73. The highest BCUT2D eigenvalue weighted by Gasteiger charge is 2.27. The van der Waals surface area contributed by atoms with E-state index >= 15 is 0 Å². The number of halogens is 1. The predicted molar refractivity (Wildman–Crippen MR) is 83.4 cm³/mol. The van der Waals surface area contributed by atoms with E-state index in [4.69, 9.17) is 10.5 Å². The molecule has 1 unspecified atom stereocenters. The van der Waals surface area contributed by atoms with Gasteiger partial charge in [-0.3, -0.25) is 4.79 Å². The number of rotatable bonds is 4. The largest absolute Gasteiger partial charge is 0.496 e. The van der Waals surface area contributed by atoms with Crippen molar-refractivity contribution in [3.8, 4) is 5.75 Å². The average Bonchev–Trinajstić information content (AvgIpc) is 2.54. The van der Waals surface area contributed by atoms with Gasteiger partial charge in [0.1, 0.15) is 11.6 Å². The summed E-state index contributed by atoms with van der Waals surface area (Å²) in [5, 5.41) is 2.84.